The second-order valence-corrected chi connectivity index (χ2v) is 4.87. The van der Waals surface area contributed by atoms with E-state index in [2.05, 4.69) is 4.98 Å². The summed E-state index contributed by atoms with van der Waals surface area (Å²) < 4.78 is 0. The van der Waals surface area contributed by atoms with Crippen molar-refractivity contribution in [3.8, 4) is 0 Å². The Hall–Kier alpha value is -2.20. The van der Waals surface area contributed by atoms with E-state index in [1.54, 1.807) is 30.3 Å². The van der Waals surface area contributed by atoms with Gasteiger partial charge >= 0.3 is 0 Å². The van der Waals surface area contributed by atoms with E-state index in [4.69, 9.17) is 5.73 Å². The fourth-order valence-corrected chi connectivity index (χ4v) is 2.03. The Kier molecular flexibility index (Phi) is 4.48. The normalized spacial score (nSPS) is 10.3. The summed E-state index contributed by atoms with van der Waals surface area (Å²) in [7, 11) is 1.80. The summed E-state index contributed by atoms with van der Waals surface area (Å²) in [4.78, 5) is 18.1. The molecule has 104 valence electrons. The predicted octanol–water partition coefficient (Wildman–Crippen LogP) is 2.12. The van der Waals surface area contributed by atoms with Gasteiger partial charge in [-0.3, -0.25) is 9.78 Å². The lowest BCUT2D eigenvalue weighted by atomic mass is 10.1. The average molecular weight is 269 g/mol. The number of hydrogen-bond acceptors (Lipinski definition) is 3. The summed E-state index contributed by atoms with van der Waals surface area (Å²) in [6.07, 6.45) is 1.66. The molecule has 4 heteroatoms. The monoisotopic (exact) mass is 269 g/mol. The van der Waals surface area contributed by atoms with Gasteiger partial charge in [-0.25, -0.2) is 0 Å². The molecule has 0 aliphatic carbocycles. The molecule has 0 bridgehead atoms. The van der Waals surface area contributed by atoms with Gasteiger partial charge < -0.3 is 10.6 Å². The zero-order valence-corrected chi connectivity index (χ0v) is 11.8. The molecular weight excluding hydrogens is 250 g/mol. The Morgan fingerprint density at radius 3 is 2.45 bits per heavy atom. The van der Waals surface area contributed by atoms with Crippen LogP contribution in [-0.2, 0) is 13.1 Å². The zero-order chi connectivity index (χ0) is 14.5. The third kappa shape index (κ3) is 3.42. The van der Waals surface area contributed by atoms with Crippen LogP contribution in [0.15, 0.2) is 42.6 Å². The second kappa shape index (κ2) is 6.30. The van der Waals surface area contributed by atoms with Gasteiger partial charge in [0, 0.05) is 37.6 Å². The first kappa shape index (κ1) is 14.2. The third-order valence-electron chi connectivity index (χ3n) is 3.17. The molecule has 1 heterocycles. The first-order valence-corrected chi connectivity index (χ1v) is 6.56. The molecule has 0 saturated carbocycles. The lowest BCUT2D eigenvalue weighted by molar-refractivity contribution is 0.0785. The van der Waals surface area contributed by atoms with E-state index in [0.29, 0.717) is 18.7 Å². The highest BCUT2D eigenvalue weighted by atomic mass is 16.2. The first-order valence-electron chi connectivity index (χ1n) is 6.56. The molecule has 1 amide bonds. The lowest BCUT2D eigenvalue weighted by Gasteiger charge is -2.17. The van der Waals surface area contributed by atoms with Crippen LogP contribution in [0.2, 0.25) is 0 Å². The molecule has 0 atom stereocenters. The standard InChI is InChI=1S/C16H19N3O/c1-12-9-15(7-8-18-12)16(20)19(2)11-14-5-3-13(10-17)4-6-14/h3-9H,10-11,17H2,1-2H3. The summed E-state index contributed by atoms with van der Waals surface area (Å²) in [6, 6.07) is 11.5. The van der Waals surface area contributed by atoms with Crippen molar-refractivity contribution in [3.05, 3.63) is 65.0 Å². The van der Waals surface area contributed by atoms with Crippen molar-refractivity contribution in [3.63, 3.8) is 0 Å². The molecule has 0 fully saturated rings. The fourth-order valence-electron chi connectivity index (χ4n) is 2.03. The van der Waals surface area contributed by atoms with Gasteiger partial charge in [0.2, 0.25) is 0 Å². The third-order valence-corrected chi connectivity index (χ3v) is 3.17. The van der Waals surface area contributed by atoms with Gasteiger partial charge in [-0.2, -0.15) is 0 Å². The van der Waals surface area contributed by atoms with Crippen molar-refractivity contribution >= 4 is 5.91 Å². The number of carbonyl (C=O) groups is 1. The number of aryl methyl sites for hydroxylation is 1. The van der Waals surface area contributed by atoms with Gasteiger partial charge in [-0.05, 0) is 30.2 Å². The van der Waals surface area contributed by atoms with Crippen LogP contribution in [0, 0.1) is 6.92 Å². The van der Waals surface area contributed by atoms with Crippen molar-refractivity contribution in [2.24, 2.45) is 5.73 Å². The van der Waals surface area contributed by atoms with Crippen LogP contribution in [0.5, 0.6) is 0 Å². The van der Waals surface area contributed by atoms with Crippen LogP contribution in [-0.4, -0.2) is 22.8 Å². The van der Waals surface area contributed by atoms with E-state index < -0.39 is 0 Å². The van der Waals surface area contributed by atoms with E-state index in [9.17, 15) is 4.79 Å². The summed E-state index contributed by atoms with van der Waals surface area (Å²) in [5.74, 6) is -0.00148. The number of rotatable bonds is 4. The van der Waals surface area contributed by atoms with Gasteiger partial charge in [0.05, 0.1) is 0 Å². The molecule has 1 aromatic heterocycles. The molecular formula is C16H19N3O. The van der Waals surface area contributed by atoms with E-state index in [1.807, 2.05) is 31.2 Å². The molecule has 4 nitrogen and oxygen atoms in total. The smallest absolute Gasteiger partial charge is 0.254 e. The van der Waals surface area contributed by atoms with Gasteiger partial charge in [-0.15, -0.1) is 0 Å². The number of carbonyl (C=O) groups excluding carboxylic acids is 1. The lowest BCUT2D eigenvalue weighted by Crippen LogP contribution is -2.26. The minimum atomic E-state index is -0.00148. The van der Waals surface area contributed by atoms with Crippen LogP contribution in [0.4, 0.5) is 0 Å². The first-order chi connectivity index (χ1) is 9.60. The maximum atomic E-state index is 12.3. The summed E-state index contributed by atoms with van der Waals surface area (Å²) in [5.41, 5.74) is 9.26. The Morgan fingerprint density at radius 1 is 1.20 bits per heavy atom. The maximum Gasteiger partial charge on any atom is 0.254 e. The topological polar surface area (TPSA) is 59.2 Å². The van der Waals surface area contributed by atoms with Crippen molar-refractivity contribution in [2.45, 2.75) is 20.0 Å². The molecule has 1 aromatic carbocycles. The Bertz CT molecular complexity index is 593. The zero-order valence-electron chi connectivity index (χ0n) is 11.8. The molecule has 0 spiro atoms. The van der Waals surface area contributed by atoms with Crippen molar-refractivity contribution in [1.82, 2.24) is 9.88 Å². The minimum Gasteiger partial charge on any atom is -0.337 e. The number of hydrogen-bond donors (Lipinski definition) is 1. The van der Waals surface area contributed by atoms with Gasteiger partial charge in [0.15, 0.2) is 0 Å². The highest BCUT2D eigenvalue weighted by Crippen LogP contribution is 2.10. The quantitative estimate of drug-likeness (QED) is 0.925. The summed E-state index contributed by atoms with van der Waals surface area (Å²) in [6.45, 7) is 2.98. The molecule has 2 rings (SSSR count). The van der Waals surface area contributed by atoms with Crippen LogP contribution in [0.1, 0.15) is 27.2 Å². The molecule has 20 heavy (non-hydrogen) atoms. The second-order valence-electron chi connectivity index (χ2n) is 4.87. The Morgan fingerprint density at radius 2 is 1.85 bits per heavy atom. The van der Waals surface area contributed by atoms with Crippen LogP contribution in [0.25, 0.3) is 0 Å². The number of aromatic nitrogens is 1. The number of benzene rings is 1. The van der Waals surface area contributed by atoms with Crippen LogP contribution < -0.4 is 5.73 Å². The minimum absolute atomic E-state index is 0.00148. The number of amides is 1. The number of pyridine rings is 1. The predicted molar refractivity (Wildman–Crippen MR) is 79.1 cm³/mol. The molecule has 0 saturated heterocycles. The molecule has 0 radical (unpaired) electrons. The fraction of sp³-hybridized carbons (Fsp3) is 0.250. The molecule has 0 aliphatic heterocycles. The highest BCUT2D eigenvalue weighted by Gasteiger charge is 2.12. The molecule has 2 aromatic rings. The van der Waals surface area contributed by atoms with Crippen molar-refractivity contribution < 1.29 is 4.79 Å². The van der Waals surface area contributed by atoms with Crippen LogP contribution >= 0.6 is 0 Å². The average Bonchev–Trinajstić information content (AvgIpc) is 2.47. The Labute approximate surface area is 119 Å². The number of nitrogens with two attached hydrogens (primary N) is 1. The molecule has 0 unspecified atom stereocenters. The van der Waals surface area contributed by atoms with Gasteiger partial charge in [0.25, 0.3) is 5.91 Å². The maximum absolute atomic E-state index is 12.3. The van der Waals surface area contributed by atoms with E-state index in [0.717, 1.165) is 16.8 Å². The van der Waals surface area contributed by atoms with Gasteiger partial charge in [0.1, 0.15) is 0 Å². The van der Waals surface area contributed by atoms with E-state index in [-0.39, 0.29) is 5.91 Å². The van der Waals surface area contributed by atoms with E-state index in [1.165, 1.54) is 0 Å². The highest BCUT2D eigenvalue weighted by molar-refractivity contribution is 5.94. The van der Waals surface area contributed by atoms with Crippen molar-refractivity contribution in [1.29, 1.82) is 0 Å². The summed E-state index contributed by atoms with van der Waals surface area (Å²) in [5, 5.41) is 0. The SMILES string of the molecule is Cc1cc(C(=O)N(C)Cc2ccc(CN)cc2)ccn1. The van der Waals surface area contributed by atoms with Crippen molar-refractivity contribution in [2.75, 3.05) is 7.05 Å². The Balaban J connectivity index is 2.07. The molecule has 2 N–H and O–H groups in total. The van der Waals surface area contributed by atoms with Crippen LogP contribution in [0.3, 0.4) is 0 Å². The number of nitrogens with zero attached hydrogens (tertiary/aromatic N) is 2. The van der Waals surface area contributed by atoms with E-state index >= 15 is 0 Å². The summed E-state index contributed by atoms with van der Waals surface area (Å²) >= 11 is 0. The van der Waals surface area contributed by atoms with Gasteiger partial charge in [-0.1, -0.05) is 24.3 Å². The molecule has 0 aliphatic rings. The largest absolute Gasteiger partial charge is 0.337 e.